The Bertz CT molecular complexity index is 215. The van der Waals surface area contributed by atoms with E-state index in [1.54, 1.807) is 0 Å². The first-order valence-electron chi connectivity index (χ1n) is 4.78. The number of aliphatic hydroxyl groups is 1. The van der Waals surface area contributed by atoms with Crippen LogP contribution in [0.15, 0.2) is 0 Å². The van der Waals surface area contributed by atoms with E-state index in [1.165, 1.54) is 4.90 Å². The van der Waals surface area contributed by atoms with Crippen molar-refractivity contribution in [2.75, 3.05) is 13.1 Å². The summed E-state index contributed by atoms with van der Waals surface area (Å²) in [6.45, 7) is 6.25. The maximum Gasteiger partial charge on any atom is 0.410 e. The van der Waals surface area contributed by atoms with Crippen molar-refractivity contribution in [3.63, 3.8) is 0 Å². The Labute approximate surface area is 83.8 Å². The summed E-state index contributed by atoms with van der Waals surface area (Å²) in [5.74, 6) is 0. The molecule has 1 rings (SSSR count). The van der Waals surface area contributed by atoms with Gasteiger partial charge in [0.15, 0.2) is 0 Å². The van der Waals surface area contributed by atoms with Crippen molar-refractivity contribution < 1.29 is 20.4 Å². The lowest BCUT2D eigenvalue weighted by Gasteiger charge is -2.23. The molecule has 4 N–H and O–H groups in total. The van der Waals surface area contributed by atoms with E-state index in [2.05, 4.69) is 5.73 Å². The van der Waals surface area contributed by atoms with Crippen LogP contribution in [-0.2, 0) is 4.74 Å². The van der Waals surface area contributed by atoms with Crippen LogP contribution in [0, 0.1) is 0 Å². The smallest absolute Gasteiger partial charge is 0.410 e. The number of quaternary nitrogens is 1. The van der Waals surface area contributed by atoms with Crippen molar-refractivity contribution in [3.8, 4) is 0 Å². The number of carbonyl (C=O) groups excluding carboxylic acids is 1. The van der Waals surface area contributed by atoms with E-state index in [1.807, 2.05) is 20.8 Å². The average Bonchev–Trinajstić information content (AvgIpc) is 2.28. The van der Waals surface area contributed by atoms with Crippen LogP contribution >= 0.6 is 0 Å². The van der Waals surface area contributed by atoms with Crippen molar-refractivity contribution in [2.45, 2.75) is 38.5 Å². The van der Waals surface area contributed by atoms with Gasteiger partial charge in [-0.2, -0.15) is 0 Å². The third-order valence-corrected chi connectivity index (χ3v) is 2.06. The summed E-state index contributed by atoms with van der Waals surface area (Å²) in [5, 5.41) is 9.40. The molecule has 1 aliphatic rings. The summed E-state index contributed by atoms with van der Waals surface area (Å²) in [7, 11) is 0. The highest BCUT2D eigenvalue weighted by atomic mass is 16.6. The van der Waals surface area contributed by atoms with Gasteiger partial charge in [0.25, 0.3) is 0 Å². The molecule has 82 valence electrons. The monoisotopic (exact) mass is 203 g/mol. The van der Waals surface area contributed by atoms with E-state index in [-0.39, 0.29) is 12.1 Å². The van der Waals surface area contributed by atoms with Crippen molar-refractivity contribution >= 4 is 6.09 Å². The lowest BCUT2D eigenvalue weighted by atomic mass is 10.2. The van der Waals surface area contributed by atoms with Gasteiger partial charge < -0.3 is 15.6 Å². The van der Waals surface area contributed by atoms with Crippen LogP contribution < -0.4 is 5.73 Å². The van der Waals surface area contributed by atoms with Crippen molar-refractivity contribution in [3.05, 3.63) is 0 Å². The first kappa shape index (κ1) is 11.3. The second-order valence-electron chi connectivity index (χ2n) is 4.71. The maximum atomic E-state index is 11.5. The Balaban J connectivity index is 2.48. The number of carbonyl (C=O) groups is 1. The van der Waals surface area contributed by atoms with E-state index in [9.17, 15) is 9.90 Å². The molecule has 0 aromatic heterocycles. The van der Waals surface area contributed by atoms with Crippen LogP contribution in [0.5, 0.6) is 0 Å². The fraction of sp³-hybridized carbons (Fsp3) is 0.889. The zero-order chi connectivity index (χ0) is 10.9. The maximum absolute atomic E-state index is 11.5. The van der Waals surface area contributed by atoms with E-state index in [0.29, 0.717) is 13.1 Å². The van der Waals surface area contributed by atoms with Crippen molar-refractivity contribution in [1.82, 2.24) is 4.90 Å². The van der Waals surface area contributed by atoms with Gasteiger partial charge in [0.1, 0.15) is 17.7 Å². The lowest BCUT2D eigenvalue weighted by Crippen LogP contribution is -2.66. The van der Waals surface area contributed by atoms with E-state index < -0.39 is 11.7 Å². The van der Waals surface area contributed by atoms with Gasteiger partial charge in [-0.1, -0.05) is 0 Å². The van der Waals surface area contributed by atoms with E-state index in [4.69, 9.17) is 4.74 Å². The van der Waals surface area contributed by atoms with E-state index >= 15 is 0 Å². The predicted octanol–water partition coefficient (Wildman–Crippen LogP) is -0.791. The fourth-order valence-corrected chi connectivity index (χ4v) is 1.33. The Kier molecular flexibility index (Phi) is 3.01. The van der Waals surface area contributed by atoms with E-state index in [0.717, 1.165) is 0 Å². The van der Waals surface area contributed by atoms with Gasteiger partial charge >= 0.3 is 6.09 Å². The van der Waals surface area contributed by atoms with Gasteiger partial charge in [-0.15, -0.1) is 0 Å². The Morgan fingerprint density at radius 3 is 2.43 bits per heavy atom. The molecule has 0 bridgehead atoms. The minimum absolute atomic E-state index is 0.109. The first-order valence-corrected chi connectivity index (χ1v) is 4.78. The number of hydrogen-bond donors (Lipinski definition) is 2. The zero-order valence-corrected chi connectivity index (χ0v) is 8.99. The molecule has 0 saturated carbocycles. The SMILES string of the molecule is CC(C)(C)OC(=O)N1C[C@@H]([NH3+])[C@H](O)C1. The minimum atomic E-state index is -0.525. The highest BCUT2D eigenvalue weighted by Gasteiger charge is 2.36. The highest BCUT2D eigenvalue weighted by Crippen LogP contribution is 2.13. The number of rotatable bonds is 0. The molecule has 1 aliphatic heterocycles. The fourth-order valence-electron chi connectivity index (χ4n) is 1.33. The molecule has 0 aromatic rings. The Morgan fingerprint density at radius 2 is 2.07 bits per heavy atom. The second-order valence-corrected chi connectivity index (χ2v) is 4.71. The number of likely N-dealkylation sites (tertiary alicyclic amines) is 1. The number of amides is 1. The number of hydrogen-bond acceptors (Lipinski definition) is 3. The molecule has 0 radical (unpaired) electrons. The standard InChI is InChI=1S/C9H18N2O3/c1-9(2,3)14-8(13)11-4-6(10)7(12)5-11/h6-7,12H,4-5,10H2,1-3H3/p+1/t6-,7-/m1/s1. The topological polar surface area (TPSA) is 77.4 Å². The minimum Gasteiger partial charge on any atom is -0.444 e. The summed E-state index contributed by atoms with van der Waals surface area (Å²) in [6, 6.07) is -0.109. The van der Waals surface area contributed by atoms with Gasteiger partial charge in [-0.05, 0) is 20.8 Å². The van der Waals surface area contributed by atoms with Crippen LogP contribution in [0.1, 0.15) is 20.8 Å². The van der Waals surface area contributed by atoms with Gasteiger partial charge in [-0.3, -0.25) is 4.90 Å². The predicted molar refractivity (Wildman–Crippen MR) is 50.5 cm³/mol. The zero-order valence-electron chi connectivity index (χ0n) is 8.99. The van der Waals surface area contributed by atoms with Gasteiger partial charge in [-0.25, -0.2) is 4.79 Å². The normalized spacial score (nSPS) is 27.9. The molecule has 0 unspecified atom stereocenters. The van der Waals surface area contributed by atoms with Crippen LogP contribution in [0.2, 0.25) is 0 Å². The molecule has 5 nitrogen and oxygen atoms in total. The number of nitrogens with zero attached hydrogens (tertiary/aromatic N) is 1. The van der Waals surface area contributed by atoms with Crippen LogP contribution in [0.25, 0.3) is 0 Å². The molecule has 2 atom stereocenters. The molecule has 14 heavy (non-hydrogen) atoms. The van der Waals surface area contributed by atoms with Gasteiger partial charge in [0.05, 0.1) is 13.1 Å². The molecule has 1 heterocycles. The number of ether oxygens (including phenoxy) is 1. The third-order valence-electron chi connectivity index (χ3n) is 2.06. The van der Waals surface area contributed by atoms with Gasteiger partial charge in [0.2, 0.25) is 0 Å². The second kappa shape index (κ2) is 3.74. The first-order chi connectivity index (χ1) is 6.29. The lowest BCUT2D eigenvalue weighted by molar-refractivity contribution is -0.428. The molecular weight excluding hydrogens is 184 g/mol. The summed E-state index contributed by atoms with van der Waals surface area (Å²) in [6.07, 6.45) is -0.898. The molecule has 1 fully saturated rings. The summed E-state index contributed by atoms with van der Waals surface area (Å²) in [4.78, 5) is 13.0. The quantitative estimate of drug-likeness (QED) is 0.541. The van der Waals surface area contributed by atoms with Crippen LogP contribution in [0.3, 0.4) is 0 Å². The molecular formula is C9H19N2O3+. The number of aliphatic hydroxyl groups excluding tert-OH is 1. The highest BCUT2D eigenvalue weighted by molar-refractivity contribution is 5.68. The largest absolute Gasteiger partial charge is 0.444 e. The summed E-state index contributed by atoms with van der Waals surface area (Å²) < 4.78 is 5.17. The molecule has 0 aliphatic carbocycles. The molecule has 1 amide bonds. The molecule has 5 heteroatoms. The van der Waals surface area contributed by atoms with Crippen molar-refractivity contribution in [1.29, 1.82) is 0 Å². The number of β-amino-alcohol motifs (C(OH)–C–C–N with tert-alkyl or cyclic N) is 1. The van der Waals surface area contributed by atoms with Gasteiger partial charge in [0, 0.05) is 0 Å². The van der Waals surface area contributed by atoms with Crippen LogP contribution in [-0.4, -0.2) is 46.9 Å². The summed E-state index contributed by atoms with van der Waals surface area (Å²) >= 11 is 0. The average molecular weight is 203 g/mol. The molecule has 1 saturated heterocycles. The Morgan fingerprint density at radius 1 is 1.50 bits per heavy atom. The molecule has 0 aromatic carbocycles. The Hall–Kier alpha value is -0.810. The van der Waals surface area contributed by atoms with Crippen LogP contribution in [0.4, 0.5) is 4.79 Å². The summed E-state index contributed by atoms with van der Waals surface area (Å²) in [5.41, 5.74) is 3.26. The van der Waals surface area contributed by atoms with Crippen molar-refractivity contribution in [2.24, 2.45) is 0 Å². The third kappa shape index (κ3) is 2.85. The molecule has 0 spiro atoms.